The van der Waals surface area contributed by atoms with Gasteiger partial charge in [-0.15, -0.1) is 0 Å². The molecule has 1 aliphatic heterocycles. The van der Waals surface area contributed by atoms with E-state index in [0.29, 0.717) is 6.54 Å². The number of ether oxygens (including phenoxy) is 1. The molecule has 0 aliphatic carbocycles. The Kier molecular flexibility index (Phi) is 5.71. The van der Waals surface area contributed by atoms with Crippen molar-refractivity contribution in [1.82, 2.24) is 9.80 Å². The zero-order valence-corrected chi connectivity index (χ0v) is 15.0. The van der Waals surface area contributed by atoms with Crippen LogP contribution in [0.15, 0.2) is 54.6 Å². The van der Waals surface area contributed by atoms with Crippen LogP contribution in [0, 0.1) is 0 Å². The van der Waals surface area contributed by atoms with E-state index in [-0.39, 0.29) is 11.9 Å². The highest BCUT2D eigenvalue weighted by Crippen LogP contribution is 2.22. The third kappa shape index (κ3) is 4.40. The summed E-state index contributed by atoms with van der Waals surface area (Å²) in [5.41, 5.74) is 2.38. The second kappa shape index (κ2) is 8.17. The predicted octanol–water partition coefficient (Wildman–Crippen LogP) is 3.32. The predicted molar refractivity (Wildman–Crippen MR) is 99.3 cm³/mol. The Balaban J connectivity index is 1.61. The molecule has 0 aromatic heterocycles. The highest BCUT2D eigenvalue weighted by Gasteiger charge is 2.32. The van der Waals surface area contributed by atoms with Crippen LogP contribution in [0.2, 0.25) is 0 Å². The minimum Gasteiger partial charge on any atom is -0.497 e. The molecule has 0 N–H and O–H groups in total. The Morgan fingerprint density at radius 2 is 1.84 bits per heavy atom. The standard InChI is InChI=1S/C21H26N2O2/c1-22(15-18-10-12-19(25-2)13-11-18)21(24)20-9-6-14-23(20)16-17-7-4-3-5-8-17/h3-5,7-8,10-13,20H,6,9,14-16H2,1-2H3/t20-/m0/s1. The average Bonchev–Trinajstić information content (AvgIpc) is 3.10. The van der Waals surface area contributed by atoms with Crippen molar-refractivity contribution < 1.29 is 9.53 Å². The summed E-state index contributed by atoms with van der Waals surface area (Å²) in [6.45, 7) is 2.45. The van der Waals surface area contributed by atoms with E-state index in [9.17, 15) is 4.79 Å². The van der Waals surface area contributed by atoms with E-state index >= 15 is 0 Å². The van der Waals surface area contributed by atoms with Crippen molar-refractivity contribution >= 4 is 5.91 Å². The molecule has 3 rings (SSSR count). The molecule has 25 heavy (non-hydrogen) atoms. The largest absolute Gasteiger partial charge is 0.497 e. The van der Waals surface area contributed by atoms with Crippen LogP contribution in [0.25, 0.3) is 0 Å². The highest BCUT2D eigenvalue weighted by atomic mass is 16.5. The third-order valence-electron chi connectivity index (χ3n) is 4.83. The summed E-state index contributed by atoms with van der Waals surface area (Å²) in [4.78, 5) is 17.1. The van der Waals surface area contributed by atoms with Gasteiger partial charge in [-0.05, 0) is 42.6 Å². The molecule has 0 saturated carbocycles. The molecule has 2 aromatic rings. The number of hydrogen-bond donors (Lipinski definition) is 0. The number of hydrogen-bond acceptors (Lipinski definition) is 3. The van der Waals surface area contributed by atoms with Crippen molar-refractivity contribution in [2.75, 3.05) is 20.7 Å². The number of methoxy groups -OCH3 is 1. The van der Waals surface area contributed by atoms with E-state index in [2.05, 4.69) is 29.2 Å². The average molecular weight is 338 g/mol. The quantitative estimate of drug-likeness (QED) is 0.810. The van der Waals surface area contributed by atoms with Crippen molar-refractivity contribution in [2.45, 2.75) is 32.0 Å². The zero-order valence-electron chi connectivity index (χ0n) is 15.0. The lowest BCUT2D eigenvalue weighted by Crippen LogP contribution is -2.43. The van der Waals surface area contributed by atoms with Gasteiger partial charge in [0.2, 0.25) is 5.91 Å². The first kappa shape index (κ1) is 17.5. The monoisotopic (exact) mass is 338 g/mol. The van der Waals surface area contributed by atoms with Crippen LogP contribution in [-0.2, 0) is 17.9 Å². The second-order valence-electron chi connectivity index (χ2n) is 6.66. The first-order valence-electron chi connectivity index (χ1n) is 8.83. The molecule has 4 heteroatoms. The molecule has 1 heterocycles. The van der Waals surface area contributed by atoms with Gasteiger partial charge in [0.15, 0.2) is 0 Å². The molecule has 1 aliphatic rings. The van der Waals surface area contributed by atoms with Crippen LogP contribution in [0.3, 0.4) is 0 Å². The van der Waals surface area contributed by atoms with E-state index in [1.54, 1.807) is 7.11 Å². The topological polar surface area (TPSA) is 32.8 Å². The molecule has 1 fully saturated rings. The minimum atomic E-state index is -0.0107. The number of amides is 1. The maximum atomic E-state index is 12.9. The van der Waals surface area contributed by atoms with E-state index in [4.69, 9.17) is 4.74 Å². The van der Waals surface area contributed by atoms with Crippen molar-refractivity contribution in [3.8, 4) is 5.75 Å². The number of carbonyl (C=O) groups is 1. The van der Waals surface area contributed by atoms with Crippen molar-refractivity contribution in [2.24, 2.45) is 0 Å². The normalized spacial score (nSPS) is 17.4. The van der Waals surface area contributed by atoms with Gasteiger partial charge in [-0.25, -0.2) is 0 Å². The molecular weight excluding hydrogens is 312 g/mol. The number of rotatable bonds is 6. The molecule has 132 valence electrons. The van der Waals surface area contributed by atoms with Gasteiger partial charge in [-0.2, -0.15) is 0 Å². The lowest BCUT2D eigenvalue weighted by atomic mass is 10.1. The molecule has 1 saturated heterocycles. The summed E-state index contributed by atoms with van der Waals surface area (Å²) < 4.78 is 5.19. The van der Waals surface area contributed by atoms with Gasteiger partial charge in [0, 0.05) is 20.1 Å². The summed E-state index contributed by atoms with van der Waals surface area (Å²) >= 11 is 0. The summed E-state index contributed by atoms with van der Waals surface area (Å²) in [6.07, 6.45) is 2.03. The molecule has 4 nitrogen and oxygen atoms in total. The molecule has 2 aromatic carbocycles. The Hall–Kier alpha value is -2.33. The van der Waals surface area contributed by atoms with Gasteiger partial charge in [0.1, 0.15) is 5.75 Å². The number of carbonyl (C=O) groups excluding carboxylic acids is 1. The lowest BCUT2D eigenvalue weighted by molar-refractivity contribution is -0.135. The Bertz CT molecular complexity index is 685. The highest BCUT2D eigenvalue weighted by molar-refractivity contribution is 5.82. The smallest absolute Gasteiger partial charge is 0.239 e. The van der Waals surface area contributed by atoms with Gasteiger partial charge < -0.3 is 9.64 Å². The fraction of sp³-hybridized carbons (Fsp3) is 0.381. The first-order valence-corrected chi connectivity index (χ1v) is 8.83. The van der Waals surface area contributed by atoms with Gasteiger partial charge in [0.05, 0.1) is 13.2 Å². The van der Waals surface area contributed by atoms with E-state index in [1.807, 2.05) is 42.3 Å². The van der Waals surface area contributed by atoms with Crippen LogP contribution < -0.4 is 4.74 Å². The van der Waals surface area contributed by atoms with Crippen LogP contribution in [-0.4, -0.2) is 42.5 Å². The summed E-state index contributed by atoms with van der Waals surface area (Å²) in [5.74, 6) is 1.05. The Morgan fingerprint density at radius 3 is 2.52 bits per heavy atom. The molecule has 0 spiro atoms. The number of benzene rings is 2. The molecule has 0 unspecified atom stereocenters. The number of likely N-dealkylation sites (tertiary alicyclic amines) is 1. The molecule has 1 atom stereocenters. The van der Waals surface area contributed by atoms with Gasteiger partial charge in [-0.1, -0.05) is 42.5 Å². The number of nitrogens with zero attached hydrogens (tertiary/aromatic N) is 2. The molecule has 0 bridgehead atoms. The van der Waals surface area contributed by atoms with Crippen LogP contribution >= 0.6 is 0 Å². The number of likely N-dealkylation sites (N-methyl/N-ethyl adjacent to an activating group) is 1. The van der Waals surface area contributed by atoms with Gasteiger partial charge in [-0.3, -0.25) is 9.69 Å². The lowest BCUT2D eigenvalue weighted by Gasteiger charge is -2.28. The maximum absolute atomic E-state index is 12.9. The molecule has 0 radical (unpaired) electrons. The van der Waals surface area contributed by atoms with Crippen molar-refractivity contribution in [1.29, 1.82) is 0 Å². The Labute approximate surface area is 150 Å². The summed E-state index contributed by atoms with van der Waals surface area (Å²) in [5, 5.41) is 0. The van der Waals surface area contributed by atoms with E-state index < -0.39 is 0 Å². The second-order valence-corrected chi connectivity index (χ2v) is 6.66. The third-order valence-corrected chi connectivity index (χ3v) is 4.83. The fourth-order valence-electron chi connectivity index (χ4n) is 3.45. The van der Waals surface area contributed by atoms with Crippen molar-refractivity contribution in [3.63, 3.8) is 0 Å². The van der Waals surface area contributed by atoms with Crippen molar-refractivity contribution in [3.05, 3.63) is 65.7 Å². The van der Waals surface area contributed by atoms with Crippen LogP contribution in [0.5, 0.6) is 5.75 Å². The fourth-order valence-corrected chi connectivity index (χ4v) is 3.45. The SMILES string of the molecule is COc1ccc(CN(C)C(=O)[C@@H]2CCCN2Cc2ccccc2)cc1. The van der Waals surface area contributed by atoms with Crippen LogP contribution in [0.1, 0.15) is 24.0 Å². The van der Waals surface area contributed by atoms with E-state index in [0.717, 1.165) is 37.2 Å². The zero-order chi connectivity index (χ0) is 17.6. The minimum absolute atomic E-state index is 0.0107. The molecular formula is C21H26N2O2. The Morgan fingerprint density at radius 1 is 1.12 bits per heavy atom. The van der Waals surface area contributed by atoms with Crippen LogP contribution in [0.4, 0.5) is 0 Å². The first-order chi connectivity index (χ1) is 12.2. The van der Waals surface area contributed by atoms with E-state index in [1.165, 1.54) is 5.56 Å². The summed E-state index contributed by atoms with van der Waals surface area (Å²) in [6, 6.07) is 18.3. The van der Waals surface area contributed by atoms with Gasteiger partial charge >= 0.3 is 0 Å². The molecule has 1 amide bonds. The summed E-state index contributed by atoms with van der Waals surface area (Å²) in [7, 11) is 3.55. The van der Waals surface area contributed by atoms with Gasteiger partial charge in [0.25, 0.3) is 0 Å². The maximum Gasteiger partial charge on any atom is 0.239 e.